The highest BCUT2D eigenvalue weighted by atomic mass is 28.4. The first kappa shape index (κ1) is 61.5. The molecule has 0 aliphatic heterocycles. The van der Waals surface area contributed by atoms with Gasteiger partial charge >= 0.3 is 53.7 Å². The number of carbonyl (C=O) groups is 6. The van der Waals surface area contributed by atoms with E-state index in [1.165, 1.54) is 21.3 Å². The standard InChI is InChI=1S/C26H40O9Si.C21H32N2O9Si/c1-7-33-36(34-8-2,35-9-3)16-10-13-30-24(27)18-22-12-11-21(6)23(17-22)19-25(28)31-14-15-32-26(29)20(4)5;1-5-19(24)30-11-12-32-21(26)23-16-18-9-6-8-17(14-18)15-22-20(25)31-10-7-13-33(27-2,28-3)29-4/h11-12,17H,4,7-10,13-16,18-19H2,1-3,5-6H3;5-6,8-9,14H,1,7,10-13,15-16H2,2-4H3,(H,22,25)(H,23,26). The van der Waals surface area contributed by atoms with E-state index in [9.17, 15) is 28.8 Å². The Hall–Kier alpha value is -5.47. The summed E-state index contributed by atoms with van der Waals surface area (Å²) in [6, 6.07) is 13.9. The Bertz CT molecular complexity index is 1890. The van der Waals surface area contributed by atoms with Crippen LogP contribution < -0.4 is 10.6 Å². The lowest BCUT2D eigenvalue weighted by atomic mass is 10.0. The van der Waals surface area contributed by atoms with Crippen molar-refractivity contribution >= 4 is 53.7 Å². The van der Waals surface area contributed by atoms with Crippen LogP contribution in [0, 0.1) is 6.92 Å². The Labute approximate surface area is 408 Å². The molecule has 0 saturated heterocycles. The fourth-order valence-electron chi connectivity index (χ4n) is 5.98. The van der Waals surface area contributed by atoms with Crippen LogP contribution in [0.5, 0.6) is 0 Å². The van der Waals surface area contributed by atoms with Gasteiger partial charge in [0.15, 0.2) is 0 Å². The van der Waals surface area contributed by atoms with Gasteiger partial charge in [0.2, 0.25) is 0 Å². The Balaban J connectivity index is 0.000000693. The monoisotopic (exact) mass is 1010 g/mol. The van der Waals surface area contributed by atoms with Crippen molar-refractivity contribution in [2.75, 3.05) is 80.8 Å². The molecular formula is C47H72N2O18Si2. The number of ether oxygens (including phenoxy) is 6. The molecule has 0 atom stereocenters. The first-order chi connectivity index (χ1) is 33.0. The molecule has 0 saturated carbocycles. The van der Waals surface area contributed by atoms with Gasteiger partial charge in [-0.1, -0.05) is 55.6 Å². The first-order valence-corrected chi connectivity index (χ1v) is 26.4. The van der Waals surface area contributed by atoms with Crippen molar-refractivity contribution in [3.05, 3.63) is 95.1 Å². The quantitative estimate of drug-likeness (QED) is 0.0280. The van der Waals surface area contributed by atoms with Crippen molar-refractivity contribution in [1.82, 2.24) is 10.6 Å². The number of benzene rings is 2. The van der Waals surface area contributed by atoms with E-state index >= 15 is 0 Å². The topological polar surface area (TPSA) is 237 Å². The molecule has 2 N–H and O–H groups in total. The number of rotatable bonds is 33. The summed E-state index contributed by atoms with van der Waals surface area (Å²) in [6.07, 6.45) is 1.10. The predicted octanol–water partition coefficient (Wildman–Crippen LogP) is 5.86. The molecule has 2 aromatic carbocycles. The van der Waals surface area contributed by atoms with Crippen LogP contribution in [-0.2, 0) is 100 Å². The average Bonchev–Trinajstić information content (AvgIpc) is 3.33. The van der Waals surface area contributed by atoms with Gasteiger partial charge < -0.3 is 65.6 Å². The molecular weight excluding hydrogens is 937 g/mol. The lowest BCUT2D eigenvalue weighted by Crippen LogP contribution is -2.46. The number of carbonyl (C=O) groups excluding carboxylic acids is 6. The van der Waals surface area contributed by atoms with Crippen molar-refractivity contribution in [2.24, 2.45) is 0 Å². The third-order valence-electron chi connectivity index (χ3n) is 9.39. The zero-order valence-corrected chi connectivity index (χ0v) is 43.4. The summed E-state index contributed by atoms with van der Waals surface area (Å²) in [4.78, 5) is 70.4. The SMILES string of the molecule is C=C(C)C(=O)OCCOC(=O)Cc1cc(CC(=O)OCCC[Si](OCC)(OCC)OCC)ccc1C.C=CC(=O)OCCOC(=O)NCc1cccc(CNC(=O)OCCC[Si](OC)(OC)OC)c1. The van der Waals surface area contributed by atoms with Gasteiger partial charge in [-0.25, -0.2) is 19.2 Å². The minimum Gasteiger partial charge on any atom is -0.465 e. The number of hydrogen-bond donors (Lipinski definition) is 2. The second-order valence-corrected chi connectivity index (χ2v) is 20.4. The maximum atomic E-state index is 12.4. The van der Waals surface area contributed by atoms with Crippen LogP contribution in [0.25, 0.3) is 0 Å². The van der Waals surface area contributed by atoms with Gasteiger partial charge in [-0.2, -0.15) is 0 Å². The normalized spacial score (nSPS) is 11.0. The molecule has 0 aliphatic carbocycles. The summed E-state index contributed by atoms with van der Waals surface area (Å²) in [7, 11) is -0.838. The highest BCUT2D eigenvalue weighted by Crippen LogP contribution is 2.19. The maximum Gasteiger partial charge on any atom is 0.501 e. The van der Waals surface area contributed by atoms with Gasteiger partial charge in [-0.05, 0) is 75.3 Å². The zero-order chi connectivity index (χ0) is 51.5. The molecule has 0 aliphatic rings. The van der Waals surface area contributed by atoms with E-state index in [2.05, 4.69) is 23.8 Å². The van der Waals surface area contributed by atoms with Gasteiger partial charge in [0.1, 0.15) is 26.4 Å². The molecule has 0 bridgehead atoms. The lowest BCUT2D eigenvalue weighted by molar-refractivity contribution is -0.149. The molecule has 0 spiro atoms. The number of esters is 4. The third kappa shape index (κ3) is 26.8. The molecule has 0 unspecified atom stereocenters. The highest BCUT2D eigenvalue weighted by Gasteiger charge is 2.40. The second kappa shape index (κ2) is 35.6. The van der Waals surface area contributed by atoms with Gasteiger partial charge in [0.25, 0.3) is 0 Å². The zero-order valence-electron chi connectivity index (χ0n) is 41.4. The summed E-state index contributed by atoms with van der Waals surface area (Å²) in [5.74, 6) is -1.92. The van der Waals surface area contributed by atoms with E-state index in [-0.39, 0.29) is 77.1 Å². The van der Waals surface area contributed by atoms with E-state index in [1.54, 1.807) is 13.0 Å². The minimum absolute atomic E-state index is 0.0361. The van der Waals surface area contributed by atoms with Crippen LogP contribution in [0.1, 0.15) is 68.4 Å². The largest absolute Gasteiger partial charge is 0.501 e. The molecule has 0 heterocycles. The van der Waals surface area contributed by atoms with Crippen molar-refractivity contribution in [1.29, 1.82) is 0 Å². The molecule has 0 radical (unpaired) electrons. The Morgan fingerprint density at radius 1 is 0.594 bits per heavy atom. The maximum absolute atomic E-state index is 12.4. The summed E-state index contributed by atoms with van der Waals surface area (Å²) < 4.78 is 63.6. The molecule has 2 rings (SSSR count). The molecule has 386 valence electrons. The second-order valence-electron chi connectivity index (χ2n) is 14.6. The average molecular weight is 1010 g/mol. The van der Waals surface area contributed by atoms with Gasteiger partial charge in [-0.15, -0.1) is 0 Å². The lowest BCUT2D eigenvalue weighted by Gasteiger charge is -2.28. The van der Waals surface area contributed by atoms with Crippen LogP contribution in [0.15, 0.2) is 67.3 Å². The number of nitrogens with one attached hydrogen (secondary N) is 2. The van der Waals surface area contributed by atoms with E-state index in [0.29, 0.717) is 44.8 Å². The molecule has 2 aromatic rings. The first-order valence-electron chi connectivity index (χ1n) is 22.5. The molecule has 20 nitrogen and oxygen atoms in total. The van der Waals surface area contributed by atoms with E-state index in [1.807, 2.05) is 64.1 Å². The number of hydrogen-bond acceptors (Lipinski definition) is 18. The fraction of sp³-hybridized carbons (Fsp3) is 0.532. The molecule has 69 heavy (non-hydrogen) atoms. The number of alkyl carbamates (subject to hydrolysis) is 2. The van der Waals surface area contributed by atoms with Crippen molar-refractivity contribution in [2.45, 2.75) is 85.5 Å². The highest BCUT2D eigenvalue weighted by molar-refractivity contribution is 6.61. The summed E-state index contributed by atoms with van der Waals surface area (Å²) in [5, 5.41) is 5.27. The Morgan fingerprint density at radius 2 is 1.07 bits per heavy atom. The number of amides is 2. The predicted molar refractivity (Wildman–Crippen MR) is 257 cm³/mol. The smallest absolute Gasteiger partial charge is 0.465 e. The fourth-order valence-corrected chi connectivity index (χ4v) is 10.3. The van der Waals surface area contributed by atoms with Gasteiger partial charge in [0.05, 0.1) is 26.1 Å². The third-order valence-corrected chi connectivity index (χ3v) is 15.4. The van der Waals surface area contributed by atoms with Crippen LogP contribution >= 0.6 is 0 Å². The molecule has 22 heteroatoms. The van der Waals surface area contributed by atoms with Crippen LogP contribution in [-0.4, -0.2) is 134 Å². The van der Waals surface area contributed by atoms with Gasteiger partial charge in [0, 0.05) is 78.0 Å². The molecule has 0 aromatic heterocycles. The summed E-state index contributed by atoms with van der Waals surface area (Å²) >= 11 is 0. The van der Waals surface area contributed by atoms with Crippen molar-refractivity contribution < 1.29 is 83.7 Å². The Morgan fingerprint density at radius 3 is 1.61 bits per heavy atom. The van der Waals surface area contributed by atoms with Crippen LogP contribution in [0.3, 0.4) is 0 Å². The molecule has 2 amide bonds. The summed E-state index contributed by atoms with van der Waals surface area (Å²) in [6.45, 7) is 18.1. The van der Waals surface area contributed by atoms with Crippen LogP contribution in [0.4, 0.5) is 9.59 Å². The van der Waals surface area contributed by atoms with E-state index in [4.69, 9.17) is 55.0 Å². The summed E-state index contributed by atoms with van der Waals surface area (Å²) in [5.41, 5.74) is 4.33. The van der Waals surface area contributed by atoms with Crippen LogP contribution in [0.2, 0.25) is 12.1 Å². The Kier molecular flexibility index (Phi) is 31.8. The van der Waals surface area contributed by atoms with Crippen molar-refractivity contribution in [3.8, 4) is 0 Å². The number of aryl methyl sites for hydroxylation is 1. The van der Waals surface area contributed by atoms with E-state index in [0.717, 1.165) is 33.9 Å². The minimum atomic E-state index is -2.76. The molecule has 0 fully saturated rings. The van der Waals surface area contributed by atoms with Crippen molar-refractivity contribution in [3.63, 3.8) is 0 Å². The van der Waals surface area contributed by atoms with E-state index < -0.39 is 47.7 Å². The van der Waals surface area contributed by atoms with Gasteiger partial charge in [-0.3, -0.25) is 9.59 Å².